The predicted octanol–water partition coefficient (Wildman–Crippen LogP) is 2.87. The number of rotatable bonds is 7. The number of hydrogen-bond acceptors (Lipinski definition) is 5. The van der Waals surface area contributed by atoms with Gasteiger partial charge in [-0.2, -0.15) is 4.31 Å². The largest absolute Gasteiger partial charge is 0.444 e. The molecule has 0 bridgehead atoms. The average Bonchev–Trinajstić information content (AvgIpc) is 2.54. The van der Waals surface area contributed by atoms with Crippen LogP contribution in [0.4, 0.5) is 9.18 Å². The Morgan fingerprint density at radius 3 is 2.53 bits per heavy atom. The zero-order chi connectivity index (χ0) is 22.2. The van der Waals surface area contributed by atoms with Crippen molar-refractivity contribution in [3.8, 4) is 0 Å². The standard InChI is InChI=1S/C21H32FN3O4S/c1-15(9-10-23-19(26)29-20(2,3)4)24-16-11-21(12-16)13-25(14-21)30(27,28)18-8-6-5-7-17(18)22/h5-8,15-16,24H,9-14H2,1-4H3,(H,23,26)/t15-/m1/s1. The second kappa shape index (κ2) is 8.43. The Labute approximate surface area is 178 Å². The minimum Gasteiger partial charge on any atom is -0.444 e. The smallest absolute Gasteiger partial charge is 0.407 e. The van der Waals surface area contributed by atoms with Crippen molar-refractivity contribution < 1.29 is 22.3 Å². The number of halogens is 1. The highest BCUT2D eigenvalue weighted by Gasteiger charge is 2.55. The molecule has 1 aliphatic carbocycles. The number of benzene rings is 1. The highest BCUT2D eigenvalue weighted by molar-refractivity contribution is 7.89. The summed E-state index contributed by atoms with van der Waals surface area (Å²) in [6, 6.07) is 6.06. The Kier molecular flexibility index (Phi) is 6.46. The Morgan fingerprint density at radius 1 is 1.30 bits per heavy atom. The van der Waals surface area contributed by atoms with Crippen molar-refractivity contribution in [2.75, 3.05) is 19.6 Å². The minimum atomic E-state index is -3.77. The second-order valence-electron chi connectivity index (χ2n) is 9.59. The van der Waals surface area contributed by atoms with E-state index in [-0.39, 0.29) is 16.4 Å². The number of carbonyl (C=O) groups is 1. The topological polar surface area (TPSA) is 87.7 Å². The van der Waals surface area contributed by atoms with Crippen LogP contribution in [0.3, 0.4) is 0 Å². The van der Waals surface area contributed by atoms with Crippen molar-refractivity contribution in [1.29, 1.82) is 0 Å². The molecule has 1 spiro atoms. The van der Waals surface area contributed by atoms with E-state index in [1.165, 1.54) is 28.6 Å². The molecule has 0 radical (unpaired) electrons. The van der Waals surface area contributed by atoms with Crippen LogP contribution in [0.2, 0.25) is 0 Å². The molecule has 0 aromatic heterocycles. The molecule has 1 aromatic rings. The van der Waals surface area contributed by atoms with Gasteiger partial charge in [-0.15, -0.1) is 0 Å². The maximum Gasteiger partial charge on any atom is 0.407 e. The Bertz CT molecular complexity index is 870. The highest BCUT2D eigenvalue weighted by Crippen LogP contribution is 2.50. The summed E-state index contributed by atoms with van der Waals surface area (Å²) in [6.07, 6.45) is 2.17. The fourth-order valence-electron chi connectivity index (χ4n) is 4.22. The number of nitrogens with zero attached hydrogens (tertiary/aromatic N) is 1. The van der Waals surface area contributed by atoms with Crippen LogP contribution in [0, 0.1) is 11.2 Å². The van der Waals surface area contributed by atoms with Crippen molar-refractivity contribution in [2.24, 2.45) is 5.41 Å². The number of sulfonamides is 1. The van der Waals surface area contributed by atoms with Gasteiger partial charge >= 0.3 is 6.09 Å². The van der Waals surface area contributed by atoms with E-state index in [0.29, 0.717) is 25.7 Å². The number of nitrogens with one attached hydrogen (secondary N) is 2. The third-order valence-electron chi connectivity index (χ3n) is 5.60. The molecule has 3 rings (SSSR count). The number of alkyl carbamates (subject to hydrolysis) is 1. The molecule has 1 heterocycles. The van der Waals surface area contributed by atoms with Crippen molar-refractivity contribution in [1.82, 2.24) is 14.9 Å². The van der Waals surface area contributed by atoms with Crippen LogP contribution in [0.1, 0.15) is 47.0 Å². The van der Waals surface area contributed by atoms with Gasteiger partial charge in [0.15, 0.2) is 0 Å². The molecule has 7 nitrogen and oxygen atoms in total. The molecule has 1 saturated carbocycles. The van der Waals surface area contributed by atoms with Gasteiger partial charge in [-0.3, -0.25) is 0 Å². The number of amides is 1. The molecule has 0 unspecified atom stereocenters. The first-order chi connectivity index (χ1) is 13.9. The van der Waals surface area contributed by atoms with E-state index in [1.54, 1.807) is 0 Å². The van der Waals surface area contributed by atoms with E-state index < -0.39 is 27.5 Å². The van der Waals surface area contributed by atoms with Crippen molar-refractivity contribution in [3.05, 3.63) is 30.1 Å². The Balaban J connectivity index is 1.37. The molecule has 1 aromatic carbocycles. The molecule has 2 fully saturated rings. The average molecular weight is 442 g/mol. The summed E-state index contributed by atoms with van der Waals surface area (Å²) < 4.78 is 45.7. The molecule has 1 saturated heterocycles. The van der Waals surface area contributed by atoms with Crippen LogP contribution in [0.25, 0.3) is 0 Å². The Hall–Kier alpha value is -1.71. The van der Waals surface area contributed by atoms with Gasteiger partial charge in [-0.1, -0.05) is 12.1 Å². The molecule has 1 atom stereocenters. The molecule has 9 heteroatoms. The van der Waals surface area contributed by atoms with Crippen LogP contribution in [-0.4, -0.2) is 56.1 Å². The SMILES string of the molecule is C[C@H](CCNC(=O)OC(C)(C)C)NC1CC2(C1)CN(S(=O)(=O)c1ccccc1F)C2. The molecular formula is C21H32FN3O4S. The summed E-state index contributed by atoms with van der Waals surface area (Å²) in [5.41, 5.74) is -0.505. The minimum absolute atomic E-state index is 0.00444. The third kappa shape index (κ3) is 5.31. The van der Waals surface area contributed by atoms with Crippen LogP contribution >= 0.6 is 0 Å². The molecule has 2 N–H and O–H groups in total. The lowest BCUT2D eigenvalue weighted by atomic mass is 9.61. The zero-order valence-corrected chi connectivity index (χ0v) is 18.9. The van der Waals surface area contributed by atoms with Gasteiger partial charge in [0.1, 0.15) is 16.3 Å². The summed E-state index contributed by atoms with van der Waals surface area (Å²) in [5.74, 6) is -0.708. The summed E-state index contributed by atoms with van der Waals surface area (Å²) >= 11 is 0. The van der Waals surface area contributed by atoms with E-state index in [2.05, 4.69) is 17.6 Å². The van der Waals surface area contributed by atoms with Gasteiger partial charge in [0.05, 0.1) is 0 Å². The van der Waals surface area contributed by atoms with Crippen LogP contribution in [-0.2, 0) is 14.8 Å². The molecule has 1 aliphatic heterocycles. The van der Waals surface area contributed by atoms with Crippen LogP contribution < -0.4 is 10.6 Å². The monoisotopic (exact) mass is 441 g/mol. The number of ether oxygens (including phenoxy) is 1. The first-order valence-corrected chi connectivity index (χ1v) is 11.8. The number of hydrogen-bond donors (Lipinski definition) is 2. The normalized spacial score (nSPS) is 20.3. The number of carbonyl (C=O) groups excluding carboxylic acids is 1. The third-order valence-corrected chi connectivity index (χ3v) is 7.43. The highest BCUT2D eigenvalue weighted by atomic mass is 32.2. The van der Waals surface area contributed by atoms with Gasteiger partial charge in [0, 0.05) is 37.1 Å². The van der Waals surface area contributed by atoms with Crippen molar-refractivity contribution >= 4 is 16.1 Å². The summed E-state index contributed by atoms with van der Waals surface area (Å²) in [4.78, 5) is 11.4. The van der Waals surface area contributed by atoms with Gasteiger partial charge in [-0.25, -0.2) is 17.6 Å². The quantitative estimate of drug-likeness (QED) is 0.679. The molecule has 30 heavy (non-hydrogen) atoms. The fourth-order valence-corrected chi connectivity index (χ4v) is 5.95. The van der Waals surface area contributed by atoms with Crippen molar-refractivity contribution in [2.45, 2.75) is 69.5 Å². The van der Waals surface area contributed by atoms with E-state index >= 15 is 0 Å². The first kappa shape index (κ1) is 23.0. The maximum absolute atomic E-state index is 13.9. The van der Waals surface area contributed by atoms with E-state index in [4.69, 9.17) is 4.74 Å². The lowest BCUT2D eigenvalue weighted by Crippen LogP contribution is -2.67. The van der Waals surface area contributed by atoms with Gasteiger partial charge in [-0.05, 0) is 59.1 Å². The zero-order valence-electron chi connectivity index (χ0n) is 18.1. The predicted molar refractivity (Wildman–Crippen MR) is 112 cm³/mol. The van der Waals surface area contributed by atoms with Crippen molar-refractivity contribution in [3.63, 3.8) is 0 Å². The van der Waals surface area contributed by atoms with Gasteiger partial charge < -0.3 is 15.4 Å². The Morgan fingerprint density at radius 2 is 1.93 bits per heavy atom. The summed E-state index contributed by atoms with van der Waals surface area (Å²) in [7, 11) is -3.77. The molecule has 1 amide bonds. The summed E-state index contributed by atoms with van der Waals surface area (Å²) in [5, 5.41) is 6.29. The van der Waals surface area contributed by atoms with Gasteiger partial charge in [0.25, 0.3) is 0 Å². The molecule has 2 aliphatic rings. The first-order valence-electron chi connectivity index (χ1n) is 10.4. The lowest BCUT2D eigenvalue weighted by Gasteiger charge is -2.58. The van der Waals surface area contributed by atoms with E-state index in [9.17, 15) is 17.6 Å². The molecular weight excluding hydrogens is 409 g/mol. The van der Waals surface area contributed by atoms with Crippen LogP contribution in [0.15, 0.2) is 29.2 Å². The van der Waals surface area contributed by atoms with E-state index in [0.717, 1.165) is 19.3 Å². The second-order valence-corrected chi connectivity index (χ2v) is 11.5. The van der Waals surface area contributed by atoms with Gasteiger partial charge in [0.2, 0.25) is 10.0 Å². The molecule has 168 valence electrons. The maximum atomic E-state index is 13.9. The fraction of sp³-hybridized carbons (Fsp3) is 0.667. The van der Waals surface area contributed by atoms with E-state index in [1.807, 2.05) is 20.8 Å². The lowest BCUT2D eigenvalue weighted by molar-refractivity contribution is -0.0365. The van der Waals surface area contributed by atoms with Crippen LogP contribution in [0.5, 0.6) is 0 Å². The summed E-state index contributed by atoms with van der Waals surface area (Å²) in [6.45, 7) is 8.95.